The summed E-state index contributed by atoms with van der Waals surface area (Å²) < 4.78 is 5.67. The van der Waals surface area contributed by atoms with Gasteiger partial charge in [0.2, 0.25) is 5.91 Å². The lowest BCUT2D eigenvalue weighted by Crippen LogP contribution is -2.47. The van der Waals surface area contributed by atoms with E-state index in [9.17, 15) is 4.79 Å². The number of ether oxygens (including phenoxy) is 1. The maximum absolute atomic E-state index is 11.1. The molecular weight excluding hydrogens is 419 g/mol. The van der Waals surface area contributed by atoms with Crippen molar-refractivity contribution in [3.63, 3.8) is 0 Å². The standard InChI is InChI=1S/C17H28N4O2.HI/c1-6-18-16(21-17(3,4)5)19-10-11-23-15-9-7-8-14(12-15)20-13(2)22;/h7-9,12H,6,10-11H2,1-5H3,(H,20,22)(H2,18,19,21);1H. The van der Waals surface area contributed by atoms with E-state index in [1.54, 1.807) is 6.07 Å². The maximum Gasteiger partial charge on any atom is 0.221 e. The lowest BCUT2D eigenvalue weighted by atomic mass is 10.1. The number of nitrogens with zero attached hydrogens (tertiary/aromatic N) is 1. The van der Waals surface area contributed by atoms with Crippen LogP contribution in [0.2, 0.25) is 0 Å². The summed E-state index contributed by atoms with van der Waals surface area (Å²) in [5, 5.41) is 9.26. The second-order valence-corrected chi connectivity index (χ2v) is 6.19. The lowest BCUT2D eigenvalue weighted by Gasteiger charge is -2.23. The van der Waals surface area contributed by atoms with Crippen LogP contribution in [0.3, 0.4) is 0 Å². The van der Waals surface area contributed by atoms with Gasteiger partial charge in [0.1, 0.15) is 12.4 Å². The molecule has 3 N–H and O–H groups in total. The van der Waals surface area contributed by atoms with E-state index in [0.717, 1.165) is 18.2 Å². The van der Waals surface area contributed by atoms with Crippen molar-refractivity contribution >= 4 is 41.5 Å². The van der Waals surface area contributed by atoms with Gasteiger partial charge in [-0.05, 0) is 39.8 Å². The Morgan fingerprint density at radius 1 is 1.29 bits per heavy atom. The molecule has 0 atom stereocenters. The van der Waals surface area contributed by atoms with Crippen LogP contribution >= 0.6 is 24.0 Å². The highest BCUT2D eigenvalue weighted by Gasteiger charge is 2.11. The molecule has 0 heterocycles. The molecule has 0 bridgehead atoms. The number of guanidine groups is 1. The number of halogens is 1. The van der Waals surface area contributed by atoms with E-state index in [2.05, 4.69) is 41.7 Å². The number of anilines is 1. The number of hydrogen-bond donors (Lipinski definition) is 3. The molecule has 0 unspecified atom stereocenters. The minimum Gasteiger partial charge on any atom is -0.492 e. The number of aliphatic imine (C=N–C) groups is 1. The minimum atomic E-state index is -0.102. The summed E-state index contributed by atoms with van der Waals surface area (Å²) in [6.45, 7) is 11.6. The van der Waals surface area contributed by atoms with E-state index in [4.69, 9.17) is 4.74 Å². The molecule has 1 aromatic rings. The summed E-state index contributed by atoms with van der Waals surface area (Å²) in [5.41, 5.74) is 0.676. The predicted octanol–water partition coefficient (Wildman–Crippen LogP) is 3.00. The largest absolute Gasteiger partial charge is 0.492 e. The Morgan fingerprint density at radius 2 is 2.00 bits per heavy atom. The first-order chi connectivity index (χ1) is 10.8. The molecule has 0 radical (unpaired) electrons. The fraction of sp³-hybridized carbons (Fsp3) is 0.529. The van der Waals surface area contributed by atoms with Crippen LogP contribution in [-0.4, -0.2) is 37.1 Å². The maximum atomic E-state index is 11.1. The number of carbonyl (C=O) groups is 1. The van der Waals surface area contributed by atoms with Gasteiger partial charge in [0.05, 0.1) is 6.54 Å². The smallest absolute Gasteiger partial charge is 0.221 e. The van der Waals surface area contributed by atoms with Gasteiger partial charge in [-0.15, -0.1) is 24.0 Å². The van der Waals surface area contributed by atoms with Crippen molar-refractivity contribution in [2.75, 3.05) is 25.0 Å². The van der Waals surface area contributed by atoms with Gasteiger partial charge in [-0.3, -0.25) is 4.79 Å². The minimum absolute atomic E-state index is 0. The molecule has 1 amide bonds. The number of nitrogens with one attached hydrogen (secondary N) is 3. The van der Waals surface area contributed by atoms with E-state index in [0.29, 0.717) is 18.9 Å². The first-order valence-corrected chi connectivity index (χ1v) is 7.87. The Bertz CT molecular complexity index is 542. The third-order valence-electron chi connectivity index (χ3n) is 2.62. The molecule has 0 fully saturated rings. The molecule has 0 aliphatic heterocycles. The van der Waals surface area contributed by atoms with E-state index in [1.807, 2.05) is 25.1 Å². The number of carbonyl (C=O) groups excluding carboxylic acids is 1. The molecule has 136 valence electrons. The van der Waals surface area contributed by atoms with Gasteiger partial charge in [-0.25, -0.2) is 4.99 Å². The van der Waals surface area contributed by atoms with Gasteiger partial charge in [0.15, 0.2) is 5.96 Å². The van der Waals surface area contributed by atoms with Crippen molar-refractivity contribution in [3.8, 4) is 5.75 Å². The normalized spacial score (nSPS) is 11.3. The third-order valence-corrected chi connectivity index (χ3v) is 2.62. The van der Waals surface area contributed by atoms with Crippen LogP contribution in [-0.2, 0) is 4.79 Å². The zero-order valence-electron chi connectivity index (χ0n) is 15.1. The highest BCUT2D eigenvalue weighted by molar-refractivity contribution is 14.0. The first-order valence-electron chi connectivity index (χ1n) is 7.87. The quantitative estimate of drug-likeness (QED) is 0.271. The molecule has 1 rings (SSSR count). The number of benzene rings is 1. The van der Waals surface area contributed by atoms with Gasteiger partial charge < -0.3 is 20.7 Å². The number of rotatable bonds is 6. The summed E-state index contributed by atoms with van der Waals surface area (Å²) in [7, 11) is 0. The third kappa shape index (κ3) is 10.3. The zero-order chi connectivity index (χ0) is 17.3. The highest BCUT2D eigenvalue weighted by Crippen LogP contribution is 2.17. The van der Waals surface area contributed by atoms with E-state index in [1.165, 1.54) is 6.92 Å². The van der Waals surface area contributed by atoms with Crippen LogP contribution in [0.1, 0.15) is 34.6 Å². The topological polar surface area (TPSA) is 74.8 Å². The Labute approximate surface area is 161 Å². The molecule has 0 saturated heterocycles. The first kappa shape index (κ1) is 22.5. The van der Waals surface area contributed by atoms with Crippen LogP contribution < -0.4 is 20.7 Å². The predicted molar refractivity (Wildman–Crippen MR) is 111 cm³/mol. The summed E-state index contributed by atoms with van der Waals surface area (Å²) >= 11 is 0. The van der Waals surface area contributed by atoms with Crippen molar-refractivity contribution in [2.24, 2.45) is 4.99 Å². The van der Waals surface area contributed by atoms with Crippen LogP contribution in [0.25, 0.3) is 0 Å². The number of hydrogen-bond acceptors (Lipinski definition) is 3. The Hall–Kier alpha value is -1.51. The molecule has 0 aliphatic carbocycles. The Morgan fingerprint density at radius 3 is 2.58 bits per heavy atom. The van der Waals surface area contributed by atoms with Crippen molar-refractivity contribution in [2.45, 2.75) is 40.2 Å². The summed E-state index contributed by atoms with van der Waals surface area (Å²) in [6, 6.07) is 7.31. The van der Waals surface area contributed by atoms with Crippen LogP contribution in [0.15, 0.2) is 29.3 Å². The molecule has 0 aromatic heterocycles. The summed E-state index contributed by atoms with van der Waals surface area (Å²) in [6.07, 6.45) is 0. The molecule has 7 heteroatoms. The highest BCUT2D eigenvalue weighted by atomic mass is 127. The molecule has 0 spiro atoms. The fourth-order valence-corrected chi connectivity index (χ4v) is 1.85. The Balaban J connectivity index is 0.00000529. The second kappa shape index (κ2) is 11.1. The Kier molecular flexibility index (Phi) is 10.4. The fourth-order valence-electron chi connectivity index (χ4n) is 1.85. The summed E-state index contributed by atoms with van der Waals surface area (Å²) in [5.74, 6) is 1.38. The lowest BCUT2D eigenvalue weighted by molar-refractivity contribution is -0.114. The summed E-state index contributed by atoms with van der Waals surface area (Å²) in [4.78, 5) is 15.5. The van der Waals surface area contributed by atoms with Crippen LogP contribution in [0, 0.1) is 0 Å². The molecule has 24 heavy (non-hydrogen) atoms. The van der Waals surface area contributed by atoms with Crippen LogP contribution in [0.4, 0.5) is 5.69 Å². The molecule has 0 aliphatic rings. The van der Waals surface area contributed by atoms with Gasteiger partial charge in [-0.2, -0.15) is 0 Å². The average Bonchev–Trinajstić information content (AvgIpc) is 2.42. The van der Waals surface area contributed by atoms with Crippen molar-refractivity contribution in [1.29, 1.82) is 0 Å². The molecule has 0 saturated carbocycles. The average molecular weight is 448 g/mol. The monoisotopic (exact) mass is 448 g/mol. The molecule has 6 nitrogen and oxygen atoms in total. The van der Waals surface area contributed by atoms with Gasteiger partial charge in [0.25, 0.3) is 0 Å². The van der Waals surface area contributed by atoms with Gasteiger partial charge >= 0.3 is 0 Å². The van der Waals surface area contributed by atoms with E-state index < -0.39 is 0 Å². The molecular formula is C17H29IN4O2. The zero-order valence-corrected chi connectivity index (χ0v) is 17.4. The molecule has 1 aromatic carbocycles. The SMILES string of the molecule is CCNC(=NCCOc1cccc(NC(C)=O)c1)NC(C)(C)C.I. The van der Waals surface area contributed by atoms with Crippen LogP contribution in [0.5, 0.6) is 5.75 Å². The van der Waals surface area contributed by atoms with Gasteiger partial charge in [0, 0.05) is 30.8 Å². The van der Waals surface area contributed by atoms with Crippen molar-refractivity contribution < 1.29 is 9.53 Å². The van der Waals surface area contributed by atoms with Crippen molar-refractivity contribution in [1.82, 2.24) is 10.6 Å². The van der Waals surface area contributed by atoms with E-state index >= 15 is 0 Å². The van der Waals surface area contributed by atoms with Crippen molar-refractivity contribution in [3.05, 3.63) is 24.3 Å². The van der Waals surface area contributed by atoms with Gasteiger partial charge in [-0.1, -0.05) is 6.07 Å². The number of amides is 1. The second-order valence-electron chi connectivity index (χ2n) is 6.19. The van der Waals surface area contributed by atoms with E-state index in [-0.39, 0.29) is 35.4 Å².